The SMILES string of the molecule is C=CCOc1ccc(C=CC(=O)NCC(=O)Nc2ccc(F)c(F)c2F)cc1OC. The van der Waals surface area contributed by atoms with Crippen LogP contribution in [0.1, 0.15) is 5.56 Å². The van der Waals surface area contributed by atoms with E-state index < -0.39 is 41.5 Å². The second-order valence-corrected chi connectivity index (χ2v) is 5.83. The molecule has 0 fully saturated rings. The molecular formula is C21H19F3N2O4. The minimum Gasteiger partial charge on any atom is -0.493 e. The van der Waals surface area contributed by atoms with Crippen molar-refractivity contribution in [2.24, 2.45) is 0 Å². The summed E-state index contributed by atoms with van der Waals surface area (Å²) in [4.78, 5) is 23.6. The lowest BCUT2D eigenvalue weighted by atomic mass is 10.2. The summed E-state index contributed by atoms with van der Waals surface area (Å²) in [5.74, 6) is -5.03. The van der Waals surface area contributed by atoms with Crippen LogP contribution in [-0.4, -0.2) is 32.1 Å². The van der Waals surface area contributed by atoms with Crippen molar-refractivity contribution in [1.29, 1.82) is 0 Å². The lowest BCUT2D eigenvalue weighted by Gasteiger charge is -2.09. The summed E-state index contributed by atoms with van der Waals surface area (Å²) in [5.41, 5.74) is 0.107. The van der Waals surface area contributed by atoms with Crippen molar-refractivity contribution < 1.29 is 32.2 Å². The van der Waals surface area contributed by atoms with Crippen molar-refractivity contribution in [1.82, 2.24) is 5.32 Å². The van der Waals surface area contributed by atoms with Gasteiger partial charge in [0, 0.05) is 6.08 Å². The molecule has 0 radical (unpaired) electrons. The molecule has 2 aromatic carbocycles. The van der Waals surface area contributed by atoms with Crippen LogP contribution in [-0.2, 0) is 9.59 Å². The zero-order valence-electron chi connectivity index (χ0n) is 16.0. The minimum atomic E-state index is -1.70. The van der Waals surface area contributed by atoms with E-state index in [2.05, 4.69) is 11.9 Å². The number of carbonyl (C=O) groups is 2. The molecule has 0 saturated heterocycles. The highest BCUT2D eigenvalue weighted by Crippen LogP contribution is 2.28. The Balaban J connectivity index is 1.91. The first-order chi connectivity index (χ1) is 14.3. The average molecular weight is 420 g/mol. The van der Waals surface area contributed by atoms with E-state index in [-0.39, 0.29) is 0 Å². The topological polar surface area (TPSA) is 76.7 Å². The number of carbonyl (C=O) groups excluding carboxylic acids is 2. The van der Waals surface area contributed by atoms with E-state index >= 15 is 0 Å². The van der Waals surface area contributed by atoms with Gasteiger partial charge in [-0.25, -0.2) is 13.2 Å². The summed E-state index contributed by atoms with van der Waals surface area (Å²) in [5, 5.41) is 4.34. The highest BCUT2D eigenvalue weighted by Gasteiger charge is 2.15. The van der Waals surface area contributed by atoms with Gasteiger partial charge in [-0.05, 0) is 35.9 Å². The minimum absolute atomic E-state index is 0.310. The number of hydrogen-bond donors (Lipinski definition) is 2. The maximum Gasteiger partial charge on any atom is 0.244 e. The molecular weight excluding hydrogens is 401 g/mol. The normalized spacial score (nSPS) is 10.5. The Morgan fingerprint density at radius 1 is 1.10 bits per heavy atom. The number of rotatable bonds is 9. The number of ether oxygens (including phenoxy) is 2. The highest BCUT2D eigenvalue weighted by atomic mass is 19.2. The summed E-state index contributed by atoms with van der Waals surface area (Å²) < 4.78 is 50.2. The number of methoxy groups -OCH3 is 1. The van der Waals surface area contributed by atoms with Gasteiger partial charge in [0.25, 0.3) is 0 Å². The van der Waals surface area contributed by atoms with Crippen molar-refractivity contribution in [2.75, 3.05) is 25.6 Å². The van der Waals surface area contributed by atoms with Crippen LogP contribution in [0.5, 0.6) is 11.5 Å². The number of anilines is 1. The van der Waals surface area contributed by atoms with Crippen molar-refractivity contribution in [2.45, 2.75) is 0 Å². The Hall–Kier alpha value is -3.75. The van der Waals surface area contributed by atoms with E-state index in [0.717, 1.165) is 6.07 Å². The predicted molar refractivity (Wildman–Crippen MR) is 106 cm³/mol. The molecule has 0 heterocycles. The van der Waals surface area contributed by atoms with E-state index in [1.54, 1.807) is 24.3 Å². The van der Waals surface area contributed by atoms with Crippen LogP contribution in [0.4, 0.5) is 18.9 Å². The van der Waals surface area contributed by atoms with Crippen LogP contribution in [0.25, 0.3) is 6.08 Å². The van der Waals surface area contributed by atoms with Crippen LogP contribution in [0, 0.1) is 17.5 Å². The maximum absolute atomic E-state index is 13.5. The molecule has 0 unspecified atom stereocenters. The van der Waals surface area contributed by atoms with E-state index in [1.807, 2.05) is 5.32 Å². The third-order valence-electron chi connectivity index (χ3n) is 3.70. The second kappa shape index (κ2) is 10.7. The van der Waals surface area contributed by atoms with Crippen LogP contribution >= 0.6 is 0 Å². The summed E-state index contributed by atoms with van der Waals surface area (Å²) >= 11 is 0. The average Bonchev–Trinajstić information content (AvgIpc) is 2.75. The molecule has 0 aliphatic carbocycles. The summed E-state index contributed by atoms with van der Waals surface area (Å²) in [6.45, 7) is 3.37. The first kappa shape index (κ1) is 22.5. The summed E-state index contributed by atoms with van der Waals surface area (Å²) in [7, 11) is 1.48. The lowest BCUT2D eigenvalue weighted by molar-refractivity contribution is -0.121. The molecule has 0 spiro atoms. The van der Waals surface area contributed by atoms with Gasteiger partial charge in [0.15, 0.2) is 29.0 Å². The van der Waals surface area contributed by atoms with Crippen LogP contribution in [0.2, 0.25) is 0 Å². The largest absolute Gasteiger partial charge is 0.493 e. The molecule has 6 nitrogen and oxygen atoms in total. The second-order valence-electron chi connectivity index (χ2n) is 5.83. The Labute approximate surface area is 171 Å². The molecule has 0 aromatic heterocycles. The van der Waals surface area contributed by atoms with Gasteiger partial charge in [-0.15, -0.1) is 0 Å². The first-order valence-electron chi connectivity index (χ1n) is 8.66. The van der Waals surface area contributed by atoms with Gasteiger partial charge in [0.1, 0.15) is 6.61 Å². The molecule has 0 atom stereocenters. The fourth-order valence-electron chi connectivity index (χ4n) is 2.27. The smallest absolute Gasteiger partial charge is 0.244 e. The van der Waals surface area contributed by atoms with Gasteiger partial charge >= 0.3 is 0 Å². The van der Waals surface area contributed by atoms with Crippen molar-refractivity contribution >= 4 is 23.6 Å². The number of hydrogen-bond acceptors (Lipinski definition) is 4. The van der Waals surface area contributed by atoms with Crippen LogP contribution < -0.4 is 20.1 Å². The molecule has 2 rings (SSSR count). The number of amides is 2. The van der Waals surface area contributed by atoms with E-state index in [1.165, 1.54) is 19.3 Å². The van der Waals surface area contributed by atoms with Gasteiger partial charge in [0.2, 0.25) is 11.8 Å². The Morgan fingerprint density at radius 2 is 1.87 bits per heavy atom. The molecule has 0 saturated carbocycles. The lowest BCUT2D eigenvalue weighted by Crippen LogP contribution is -2.32. The molecule has 2 aromatic rings. The third-order valence-corrected chi connectivity index (χ3v) is 3.70. The van der Waals surface area contributed by atoms with Gasteiger partial charge in [0.05, 0.1) is 19.3 Å². The molecule has 2 N–H and O–H groups in total. The van der Waals surface area contributed by atoms with E-state index in [9.17, 15) is 22.8 Å². The zero-order valence-corrected chi connectivity index (χ0v) is 16.0. The standard InChI is InChI=1S/C21H19F3N2O4/c1-3-10-30-16-8-4-13(11-17(16)29-2)5-9-18(27)25-12-19(28)26-15-7-6-14(22)20(23)21(15)24/h3-9,11H,1,10,12H2,2H3,(H,25,27)(H,26,28). The van der Waals surface area contributed by atoms with E-state index in [0.29, 0.717) is 29.7 Å². The Morgan fingerprint density at radius 3 is 2.57 bits per heavy atom. The Kier molecular flexibility index (Phi) is 8.04. The van der Waals surface area contributed by atoms with Gasteiger partial charge < -0.3 is 20.1 Å². The van der Waals surface area contributed by atoms with Crippen LogP contribution in [0.3, 0.4) is 0 Å². The quantitative estimate of drug-likeness (QED) is 0.370. The highest BCUT2D eigenvalue weighted by molar-refractivity contribution is 5.98. The van der Waals surface area contributed by atoms with Crippen LogP contribution in [0.15, 0.2) is 49.1 Å². The molecule has 30 heavy (non-hydrogen) atoms. The third kappa shape index (κ3) is 6.13. The van der Waals surface area contributed by atoms with E-state index in [4.69, 9.17) is 9.47 Å². The zero-order chi connectivity index (χ0) is 22.1. The fraction of sp³-hybridized carbons (Fsp3) is 0.143. The fourth-order valence-corrected chi connectivity index (χ4v) is 2.27. The van der Waals surface area contributed by atoms with Gasteiger partial charge in [-0.3, -0.25) is 9.59 Å². The summed E-state index contributed by atoms with van der Waals surface area (Å²) in [6, 6.07) is 6.58. The molecule has 9 heteroatoms. The molecule has 158 valence electrons. The van der Waals surface area contributed by atoms with Crippen molar-refractivity contribution in [3.63, 3.8) is 0 Å². The monoisotopic (exact) mass is 420 g/mol. The number of nitrogens with one attached hydrogen (secondary N) is 2. The molecule has 0 bridgehead atoms. The van der Waals surface area contributed by atoms with Gasteiger partial charge in [-0.1, -0.05) is 18.7 Å². The number of halogens is 3. The number of benzene rings is 2. The van der Waals surface area contributed by atoms with Crippen molar-refractivity contribution in [3.05, 3.63) is 72.1 Å². The van der Waals surface area contributed by atoms with Crippen molar-refractivity contribution in [3.8, 4) is 11.5 Å². The maximum atomic E-state index is 13.5. The molecule has 2 amide bonds. The molecule has 0 aliphatic rings. The Bertz CT molecular complexity index is 977. The predicted octanol–water partition coefficient (Wildman–Crippen LogP) is 3.45. The van der Waals surface area contributed by atoms with Gasteiger partial charge in [-0.2, -0.15) is 0 Å². The summed E-state index contributed by atoms with van der Waals surface area (Å²) in [6.07, 6.45) is 4.27. The molecule has 0 aliphatic heterocycles. The first-order valence-corrected chi connectivity index (χ1v) is 8.66.